The lowest BCUT2D eigenvalue weighted by atomic mass is 9.98. The van der Waals surface area contributed by atoms with Gasteiger partial charge < -0.3 is 14.8 Å². The Balaban J connectivity index is 2.02. The van der Waals surface area contributed by atoms with Crippen LogP contribution in [0.1, 0.15) is 37.3 Å². The zero-order valence-electron chi connectivity index (χ0n) is 11.2. The molecule has 1 aliphatic heterocycles. The van der Waals surface area contributed by atoms with Crippen LogP contribution in [0.2, 0.25) is 0 Å². The minimum absolute atomic E-state index is 0.274. The van der Waals surface area contributed by atoms with Crippen molar-refractivity contribution >= 4 is 0 Å². The van der Waals surface area contributed by atoms with Crippen LogP contribution in [-0.2, 0) is 4.74 Å². The highest BCUT2D eigenvalue weighted by Crippen LogP contribution is 2.25. The van der Waals surface area contributed by atoms with E-state index in [9.17, 15) is 0 Å². The number of nitrogens with one attached hydrogen (secondary N) is 1. The zero-order valence-corrected chi connectivity index (χ0v) is 11.2. The minimum atomic E-state index is 0.274. The van der Waals surface area contributed by atoms with Crippen molar-refractivity contribution in [2.45, 2.75) is 37.8 Å². The van der Waals surface area contributed by atoms with E-state index in [0.717, 1.165) is 30.8 Å². The molecule has 2 unspecified atom stereocenters. The highest BCUT2D eigenvalue weighted by molar-refractivity contribution is 5.26. The molecular formula is C14H22N2O2. The summed E-state index contributed by atoms with van der Waals surface area (Å²) in [5.41, 5.74) is 1.16. The molecule has 0 aromatic carbocycles. The van der Waals surface area contributed by atoms with Gasteiger partial charge in [0.2, 0.25) is 0 Å². The van der Waals surface area contributed by atoms with Crippen LogP contribution in [0.4, 0.5) is 0 Å². The molecule has 0 spiro atoms. The van der Waals surface area contributed by atoms with E-state index in [2.05, 4.69) is 10.3 Å². The van der Waals surface area contributed by atoms with E-state index in [4.69, 9.17) is 9.47 Å². The fourth-order valence-corrected chi connectivity index (χ4v) is 2.41. The van der Waals surface area contributed by atoms with Gasteiger partial charge in [-0.3, -0.25) is 4.98 Å². The molecule has 1 aliphatic rings. The Morgan fingerprint density at radius 1 is 1.50 bits per heavy atom. The average Bonchev–Trinajstić information content (AvgIpc) is 2.46. The molecule has 2 atom stereocenters. The maximum atomic E-state index is 5.80. The van der Waals surface area contributed by atoms with E-state index in [-0.39, 0.29) is 6.04 Å². The van der Waals surface area contributed by atoms with Gasteiger partial charge in [-0.05, 0) is 44.4 Å². The van der Waals surface area contributed by atoms with Gasteiger partial charge in [0.25, 0.3) is 0 Å². The van der Waals surface area contributed by atoms with Gasteiger partial charge >= 0.3 is 0 Å². The first-order valence-corrected chi connectivity index (χ1v) is 6.61. The second-order valence-electron chi connectivity index (χ2n) is 4.72. The first kappa shape index (κ1) is 13.3. The second kappa shape index (κ2) is 6.71. The lowest BCUT2D eigenvalue weighted by Crippen LogP contribution is -2.27. The standard InChI is InChI=1S/C14H22N2O2/c1-15-14(8-12-5-3-4-6-18-12)11-7-13(17-2)10-16-9-11/h7,9-10,12,14-15H,3-6,8H2,1-2H3. The number of pyridine rings is 1. The van der Waals surface area contributed by atoms with Crippen molar-refractivity contribution in [3.05, 3.63) is 24.0 Å². The molecule has 0 bridgehead atoms. The summed E-state index contributed by atoms with van der Waals surface area (Å²) < 4.78 is 11.0. The van der Waals surface area contributed by atoms with E-state index in [0.29, 0.717) is 6.10 Å². The Kier molecular flexibility index (Phi) is 4.96. The number of rotatable bonds is 5. The summed E-state index contributed by atoms with van der Waals surface area (Å²) >= 11 is 0. The third-order valence-electron chi connectivity index (χ3n) is 3.49. The minimum Gasteiger partial charge on any atom is -0.495 e. The molecule has 1 fully saturated rings. The van der Waals surface area contributed by atoms with Gasteiger partial charge in [0.15, 0.2) is 0 Å². The van der Waals surface area contributed by atoms with Gasteiger partial charge in [0, 0.05) is 18.8 Å². The smallest absolute Gasteiger partial charge is 0.137 e. The third-order valence-corrected chi connectivity index (χ3v) is 3.49. The second-order valence-corrected chi connectivity index (χ2v) is 4.72. The number of methoxy groups -OCH3 is 1. The molecule has 4 heteroatoms. The number of nitrogens with zero attached hydrogens (tertiary/aromatic N) is 1. The molecular weight excluding hydrogens is 228 g/mol. The first-order valence-electron chi connectivity index (χ1n) is 6.61. The predicted molar refractivity (Wildman–Crippen MR) is 70.8 cm³/mol. The van der Waals surface area contributed by atoms with E-state index < -0.39 is 0 Å². The molecule has 0 radical (unpaired) electrons. The van der Waals surface area contributed by atoms with Crippen LogP contribution in [0.5, 0.6) is 5.75 Å². The highest BCUT2D eigenvalue weighted by atomic mass is 16.5. The summed E-state index contributed by atoms with van der Waals surface area (Å²) in [6.07, 6.45) is 8.61. The molecule has 18 heavy (non-hydrogen) atoms. The third kappa shape index (κ3) is 3.43. The summed E-state index contributed by atoms with van der Waals surface area (Å²) in [4.78, 5) is 4.21. The molecule has 2 rings (SSSR count). The van der Waals surface area contributed by atoms with Crippen molar-refractivity contribution in [3.63, 3.8) is 0 Å². The van der Waals surface area contributed by atoms with E-state index in [1.807, 2.05) is 19.3 Å². The van der Waals surface area contributed by atoms with Crippen LogP contribution >= 0.6 is 0 Å². The Hall–Kier alpha value is -1.13. The van der Waals surface area contributed by atoms with Crippen LogP contribution in [0.3, 0.4) is 0 Å². The topological polar surface area (TPSA) is 43.4 Å². The molecule has 1 aromatic rings. The Labute approximate surface area is 109 Å². The van der Waals surface area contributed by atoms with Crippen LogP contribution in [0, 0.1) is 0 Å². The summed E-state index contributed by atoms with van der Waals surface area (Å²) in [5, 5.41) is 3.34. The quantitative estimate of drug-likeness (QED) is 0.871. The van der Waals surface area contributed by atoms with Gasteiger partial charge in [-0.2, -0.15) is 0 Å². The Bertz CT molecular complexity index is 365. The average molecular weight is 250 g/mol. The predicted octanol–water partition coefficient (Wildman–Crippen LogP) is 2.31. The molecule has 1 N–H and O–H groups in total. The maximum absolute atomic E-state index is 5.80. The summed E-state index contributed by atoms with van der Waals surface area (Å²) in [5.74, 6) is 0.803. The monoisotopic (exact) mass is 250 g/mol. The number of hydrogen-bond acceptors (Lipinski definition) is 4. The van der Waals surface area contributed by atoms with Crippen molar-refractivity contribution in [1.82, 2.24) is 10.3 Å². The Morgan fingerprint density at radius 3 is 3.06 bits per heavy atom. The molecule has 1 aromatic heterocycles. The molecule has 0 amide bonds. The van der Waals surface area contributed by atoms with Gasteiger partial charge in [-0.15, -0.1) is 0 Å². The summed E-state index contributed by atoms with van der Waals surface area (Å²) in [6.45, 7) is 0.900. The van der Waals surface area contributed by atoms with E-state index in [1.54, 1.807) is 13.3 Å². The van der Waals surface area contributed by atoms with Gasteiger partial charge in [-0.1, -0.05) is 0 Å². The molecule has 0 aliphatic carbocycles. The summed E-state index contributed by atoms with van der Waals surface area (Å²) in [7, 11) is 3.65. The highest BCUT2D eigenvalue weighted by Gasteiger charge is 2.20. The number of hydrogen-bond donors (Lipinski definition) is 1. The van der Waals surface area contributed by atoms with Crippen molar-refractivity contribution in [3.8, 4) is 5.75 Å². The van der Waals surface area contributed by atoms with Crippen LogP contribution in [0.25, 0.3) is 0 Å². The van der Waals surface area contributed by atoms with Gasteiger partial charge in [0.05, 0.1) is 19.4 Å². The molecule has 100 valence electrons. The van der Waals surface area contributed by atoms with Gasteiger partial charge in [-0.25, -0.2) is 0 Å². The fourth-order valence-electron chi connectivity index (χ4n) is 2.41. The lowest BCUT2D eigenvalue weighted by molar-refractivity contribution is 0.00545. The van der Waals surface area contributed by atoms with Crippen LogP contribution in [-0.4, -0.2) is 31.9 Å². The Morgan fingerprint density at radius 2 is 2.39 bits per heavy atom. The first-order chi connectivity index (χ1) is 8.83. The van der Waals surface area contributed by atoms with Crippen LogP contribution in [0.15, 0.2) is 18.5 Å². The zero-order chi connectivity index (χ0) is 12.8. The number of aromatic nitrogens is 1. The normalized spacial score (nSPS) is 21.6. The van der Waals surface area contributed by atoms with Crippen molar-refractivity contribution in [1.29, 1.82) is 0 Å². The SMILES string of the molecule is CNC(CC1CCCCO1)c1cncc(OC)c1. The molecule has 1 saturated heterocycles. The largest absolute Gasteiger partial charge is 0.495 e. The van der Waals surface area contributed by atoms with E-state index in [1.165, 1.54) is 12.8 Å². The van der Waals surface area contributed by atoms with E-state index >= 15 is 0 Å². The van der Waals surface area contributed by atoms with Crippen molar-refractivity contribution < 1.29 is 9.47 Å². The van der Waals surface area contributed by atoms with Gasteiger partial charge in [0.1, 0.15) is 5.75 Å². The van der Waals surface area contributed by atoms with Crippen LogP contribution < -0.4 is 10.1 Å². The molecule has 4 nitrogen and oxygen atoms in total. The lowest BCUT2D eigenvalue weighted by Gasteiger charge is -2.27. The molecule has 0 saturated carbocycles. The maximum Gasteiger partial charge on any atom is 0.137 e. The fraction of sp³-hybridized carbons (Fsp3) is 0.643. The number of ether oxygens (including phenoxy) is 2. The van der Waals surface area contributed by atoms with Crippen molar-refractivity contribution in [2.75, 3.05) is 20.8 Å². The summed E-state index contributed by atoms with van der Waals surface area (Å²) in [6, 6.07) is 2.31. The molecule has 2 heterocycles. The van der Waals surface area contributed by atoms with Crippen molar-refractivity contribution in [2.24, 2.45) is 0 Å².